The summed E-state index contributed by atoms with van der Waals surface area (Å²) in [6.45, 7) is 0.429. The van der Waals surface area contributed by atoms with Gasteiger partial charge in [-0.3, -0.25) is 4.79 Å². The average Bonchev–Trinajstić information content (AvgIpc) is 2.89. The number of urea groups is 1. The van der Waals surface area contributed by atoms with Crippen LogP contribution < -0.4 is 5.32 Å². The van der Waals surface area contributed by atoms with Crippen LogP contribution in [-0.2, 0) is 4.79 Å². The van der Waals surface area contributed by atoms with Gasteiger partial charge in [-0.1, -0.05) is 6.07 Å². The molecule has 1 aromatic rings. The molecule has 1 heterocycles. The summed E-state index contributed by atoms with van der Waals surface area (Å²) in [5.41, 5.74) is -0.161. The number of hydrogen-bond acceptors (Lipinski definition) is 3. The predicted molar refractivity (Wildman–Crippen MR) is 67.4 cm³/mol. The van der Waals surface area contributed by atoms with Gasteiger partial charge in [-0.25, -0.2) is 9.18 Å². The van der Waals surface area contributed by atoms with Crippen LogP contribution >= 0.6 is 0 Å². The Balaban J connectivity index is 2.08. The minimum atomic E-state index is -0.941. The van der Waals surface area contributed by atoms with Crippen molar-refractivity contribution in [1.82, 2.24) is 4.90 Å². The van der Waals surface area contributed by atoms with Gasteiger partial charge in [0, 0.05) is 13.1 Å². The van der Waals surface area contributed by atoms with Gasteiger partial charge in [-0.05, 0) is 18.6 Å². The van der Waals surface area contributed by atoms with Crippen LogP contribution in [0.2, 0.25) is 0 Å². The van der Waals surface area contributed by atoms with Crippen LogP contribution in [0.4, 0.5) is 14.9 Å². The monoisotopic (exact) mass is 277 g/mol. The molecule has 0 saturated carbocycles. The molecular formula is C13H12FN3O3. The Bertz CT molecular complexity index is 597. The molecule has 2 N–H and O–H groups in total. The van der Waals surface area contributed by atoms with E-state index in [0.29, 0.717) is 13.0 Å². The number of rotatable bonds is 2. The maximum absolute atomic E-state index is 13.4. The van der Waals surface area contributed by atoms with Crippen molar-refractivity contribution in [2.24, 2.45) is 5.92 Å². The number of benzene rings is 1. The number of carbonyl (C=O) groups excluding carboxylic acids is 1. The molecule has 1 fully saturated rings. The Labute approximate surface area is 114 Å². The lowest BCUT2D eigenvalue weighted by Crippen LogP contribution is -2.34. The molecule has 6 nitrogen and oxygen atoms in total. The van der Waals surface area contributed by atoms with E-state index >= 15 is 0 Å². The Kier molecular flexibility index (Phi) is 3.84. The Hall–Kier alpha value is -2.62. The standard InChI is InChI=1S/C13H12FN3O3/c14-10-2-1-3-11(9(10)6-15)16-13(20)17-5-4-8(7-17)12(18)19/h1-3,8H,4-5,7H2,(H,16,20)(H,18,19). The zero-order chi connectivity index (χ0) is 14.7. The third kappa shape index (κ3) is 2.69. The van der Waals surface area contributed by atoms with Crippen molar-refractivity contribution in [2.75, 3.05) is 18.4 Å². The van der Waals surface area contributed by atoms with E-state index in [2.05, 4.69) is 5.32 Å². The molecule has 0 aliphatic carbocycles. The summed E-state index contributed by atoms with van der Waals surface area (Å²) < 4.78 is 13.4. The maximum Gasteiger partial charge on any atom is 0.321 e. The minimum Gasteiger partial charge on any atom is -0.481 e. The number of nitrogens with zero attached hydrogens (tertiary/aromatic N) is 2. The van der Waals surface area contributed by atoms with Gasteiger partial charge in [-0.15, -0.1) is 0 Å². The van der Waals surface area contributed by atoms with Crippen molar-refractivity contribution in [3.05, 3.63) is 29.6 Å². The highest BCUT2D eigenvalue weighted by Gasteiger charge is 2.31. The molecule has 1 aromatic carbocycles. The molecule has 1 aliphatic rings. The lowest BCUT2D eigenvalue weighted by molar-refractivity contribution is -0.141. The van der Waals surface area contributed by atoms with Crippen molar-refractivity contribution >= 4 is 17.7 Å². The normalized spacial score (nSPS) is 17.6. The van der Waals surface area contributed by atoms with Gasteiger partial charge in [0.25, 0.3) is 0 Å². The largest absolute Gasteiger partial charge is 0.481 e. The number of hydrogen-bond donors (Lipinski definition) is 2. The highest BCUT2D eigenvalue weighted by molar-refractivity contribution is 5.91. The van der Waals surface area contributed by atoms with Gasteiger partial charge in [0.2, 0.25) is 0 Å². The number of carboxylic acid groups (broad SMARTS) is 1. The molecule has 104 valence electrons. The summed E-state index contributed by atoms with van der Waals surface area (Å²) >= 11 is 0. The van der Waals surface area contributed by atoms with E-state index in [-0.39, 0.29) is 17.8 Å². The lowest BCUT2D eigenvalue weighted by atomic mass is 10.1. The van der Waals surface area contributed by atoms with Crippen LogP contribution in [0.15, 0.2) is 18.2 Å². The van der Waals surface area contributed by atoms with Gasteiger partial charge >= 0.3 is 12.0 Å². The lowest BCUT2D eigenvalue weighted by Gasteiger charge is -2.17. The second-order valence-corrected chi connectivity index (χ2v) is 4.47. The fraction of sp³-hybridized carbons (Fsp3) is 0.308. The van der Waals surface area contributed by atoms with Crippen molar-refractivity contribution in [1.29, 1.82) is 5.26 Å². The van der Waals surface area contributed by atoms with E-state index in [1.165, 1.54) is 17.0 Å². The number of nitriles is 1. The molecule has 0 radical (unpaired) electrons. The van der Waals surface area contributed by atoms with E-state index in [1.54, 1.807) is 6.07 Å². The van der Waals surface area contributed by atoms with Crippen LogP contribution in [0.5, 0.6) is 0 Å². The Morgan fingerprint density at radius 3 is 2.85 bits per heavy atom. The molecule has 0 aromatic heterocycles. The van der Waals surface area contributed by atoms with Crippen LogP contribution in [-0.4, -0.2) is 35.1 Å². The summed E-state index contributed by atoms with van der Waals surface area (Å²) in [5.74, 6) is -2.23. The average molecular weight is 277 g/mol. The molecule has 20 heavy (non-hydrogen) atoms. The minimum absolute atomic E-state index is 0.0799. The van der Waals surface area contributed by atoms with E-state index in [4.69, 9.17) is 10.4 Å². The maximum atomic E-state index is 13.4. The third-order valence-corrected chi connectivity index (χ3v) is 3.19. The first-order valence-electron chi connectivity index (χ1n) is 6.00. The summed E-state index contributed by atoms with van der Waals surface area (Å²) in [4.78, 5) is 24.1. The molecule has 7 heteroatoms. The summed E-state index contributed by atoms with van der Waals surface area (Å²) in [7, 11) is 0. The summed E-state index contributed by atoms with van der Waals surface area (Å²) in [6, 6.07) is 5.09. The van der Waals surface area contributed by atoms with Gasteiger partial charge in [0.15, 0.2) is 0 Å². The number of anilines is 1. The molecule has 2 rings (SSSR count). The van der Waals surface area contributed by atoms with Crippen molar-refractivity contribution < 1.29 is 19.1 Å². The second-order valence-electron chi connectivity index (χ2n) is 4.47. The zero-order valence-electron chi connectivity index (χ0n) is 10.5. The van der Waals surface area contributed by atoms with Gasteiger partial charge in [0.05, 0.1) is 11.6 Å². The number of aliphatic carboxylic acids is 1. The number of carboxylic acids is 1. The number of likely N-dealkylation sites (tertiary alicyclic amines) is 1. The number of halogens is 1. The molecule has 2 amide bonds. The fourth-order valence-electron chi connectivity index (χ4n) is 2.08. The SMILES string of the molecule is N#Cc1c(F)cccc1NC(=O)N1CCC(C(=O)O)C1. The van der Waals surface area contributed by atoms with Crippen LogP contribution in [0, 0.1) is 23.1 Å². The van der Waals surface area contributed by atoms with Gasteiger partial charge in [0.1, 0.15) is 17.4 Å². The van der Waals surface area contributed by atoms with E-state index in [9.17, 15) is 14.0 Å². The van der Waals surface area contributed by atoms with Gasteiger partial charge in [-0.2, -0.15) is 5.26 Å². The second kappa shape index (κ2) is 5.57. The molecule has 0 bridgehead atoms. The first-order chi connectivity index (χ1) is 9.52. The molecular weight excluding hydrogens is 265 g/mol. The summed E-state index contributed by atoms with van der Waals surface area (Å²) in [6.07, 6.45) is 0.386. The number of carbonyl (C=O) groups is 2. The molecule has 1 aliphatic heterocycles. The third-order valence-electron chi connectivity index (χ3n) is 3.19. The topological polar surface area (TPSA) is 93.4 Å². The Morgan fingerprint density at radius 2 is 2.25 bits per heavy atom. The number of amides is 2. The van der Waals surface area contributed by atoms with Crippen molar-refractivity contribution in [2.45, 2.75) is 6.42 Å². The highest BCUT2D eigenvalue weighted by atomic mass is 19.1. The van der Waals surface area contributed by atoms with Crippen LogP contribution in [0.1, 0.15) is 12.0 Å². The van der Waals surface area contributed by atoms with E-state index in [1.807, 2.05) is 0 Å². The fourth-order valence-corrected chi connectivity index (χ4v) is 2.08. The van der Waals surface area contributed by atoms with E-state index in [0.717, 1.165) is 6.07 Å². The van der Waals surface area contributed by atoms with Crippen molar-refractivity contribution in [3.8, 4) is 6.07 Å². The van der Waals surface area contributed by atoms with Gasteiger partial charge < -0.3 is 15.3 Å². The first-order valence-corrected chi connectivity index (χ1v) is 6.00. The first kappa shape index (κ1) is 13.8. The molecule has 1 saturated heterocycles. The summed E-state index contributed by atoms with van der Waals surface area (Å²) in [5, 5.41) is 20.2. The van der Waals surface area contributed by atoms with Crippen molar-refractivity contribution in [3.63, 3.8) is 0 Å². The van der Waals surface area contributed by atoms with Crippen LogP contribution in [0.25, 0.3) is 0 Å². The smallest absolute Gasteiger partial charge is 0.321 e. The molecule has 1 unspecified atom stereocenters. The van der Waals surface area contributed by atoms with E-state index < -0.39 is 23.7 Å². The number of nitrogens with one attached hydrogen (secondary N) is 1. The molecule has 1 atom stereocenters. The van der Waals surface area contributed by atoms with Crippen LogP contribution in [0.3, 0.4) is 0 Å². The Morgan fingerprint density at radius 1 is 1.50 bits per heavy atom. The predicted octanol–water partition coefficient (Wildman–Crippen LogP) is 1.64. The molecule has 0 spiro atoms. The highest BCUT2D eigenvalue weighted by Crippen LogP contribution is 2.21. The quantitative estimate of drug-likeness (QED) is 0.859. The zero-order valence-corrected chi connectivity index (χ0v) is 10.5.